The molecule has 4 rings (SSSR count). The van der Waals surface area contributed by atoms with Crippen molar-refractivity contribution in [1.82, 2.24) is 0 Å². The fourth-order valence-electron chi connectivity index (χ4n) is 3.20. The second-order valence-corrected chi connectivity index (χ2v) is 10.9. The van der Waals surface area contributed by atoms with Crippen LogP contribution in [0.15, 0.2) is 123 Å². The summed E-state index contributed by atoms with van der Waals surface area (Å²) in [6.45, 7) is 0. The van der Waals surface area contributed by atoms with Gasteiger partial charge in [0, 0.05) is 0 Å². The normalized spacial score (nSPS) is 11.4. The van der Waals surface area contributed by atoms with E-state index < -0.39 is 26.8 Å². The molecule has 0 radical (unpaired) electrons. The number of alkyl halides is 3. The van der Waals surface area contributed by atoms with Gasteiger partial charge in [0.05, 0.1) is 35.6 Å². The van der Waals surface area contributed by atoms with Gasteiger partial charge in [0.2, 0.25) is 0 Å². The Bertz CT molecular complexity index is 1330. The van der Waals surface area contributed by atoms with Crippen LogP contribution in [0.1, 0.15) is 5.56 Å². The Labute approximate surface area is 216 Å². The van der Waals surface area contributed by atoms with Gasteiger partial charge in [-0.2, -0.15) is 13.2 Å². The highest BCUT2D eigenvalue weighted by Gasteiger charge is 2.30. The summed E-state index contributed by atoms with van der Waals surface area (Å²) in [4.78, 5) is 3.15. The van der Waals surface area contributed by atoms with Crippen molar-refractivity contribution in [3.05, 3.63) is 109 Å². The van der Waals surface area contributed by atoms with Gasteiger partial charge < -0.3 is 14.0 Å². The number of ether oxygens (including phenoxy) is 2. The van der Waals surface area contributed by atoms with Crippen LogP contribution in [0.25, 0.3) is 0 Å². The molecule has 0 spiro atoms. The van der Waals surface area contributed by atoms with Gasteiger partial charge in [-0.05, 0) is 84.9 Å². The molecule has 0 aromatic heterocycles. The van der Waals surface area contributed by atoms with E-state index in [1.807, 2.05) is 30.3 Å². The zero-order valence-electron chi connectivity index (χ0n) is 19.8. The lowest BCUT2D eigenvalue weighted by Crippen LogP contribution is -2.05. The minimum absolute atomic E-state index is 0.146. The highest BCUT2D eigenvalue weighted by molar-refractivity contribution is 7.97. The van der Waals surface area contributed by atoms with Crippen LogP contribution in [0, 0.1) is 0 Å². The molecule has 0 aliphatic heterocycles. The Balaban J connectivity index is 0.000000233. The minimum Gasteiger partial charge on any atom is -0.744 e. The topological polar surface area (TPSA) is 75.7 Å². The molecule has 0 N–H and O–H groups in total. The molecule has 5 nitrogen and oxygen atoms in total. The fourth-order valence-corrected chi connectivity index (χ4v) is 5.73. The number of hydrogen-bond acceptors (Lipinski definition) is 5. The Morgan fingerprint density at radius 3 is 1.41 bits per heavy atom. The molecule has 0 aliphatic rings. The summed E-state index contributed by atoms with van der Waals surface area (Å²) in [5, 5.41) is 0. The van der Waals surface area contributed by atoms with Gasteiger partial charge in [-0.1, -0.05) is 18.2 Å². The SMILES string of the molecule is COc1ccc([S+](c2ccccc2)c2ccc(OC)cc2)cc1.O=S(=O)([O-])c1ccc(C(F)(F)F)cc1. The quantitative estimate of drug-likeness (QED) is 0.206. The maximum atomic E-state index is 12.0. The number of rotatable bonds is 6. The molecule has 0 heterocycles. The van der Waals surface area contributed by atoms with Crippen LogP contribution in [0.4, 0.5) is 13.2 Å². The third kappa shape index (κ3) is 7.75. The number of hydrogen-bond donors (Lipinski definition) is 0. The molecule has 0 atom stereocenters. The van der Waals surface area contributed by atoms with Crippen LogP contribution in [0.5, 0.6) is 11.5 Å². The summed E-state index contributed by atoms with van der Waals surface area (Å²) in [7, 11) is -1.45. The summed E-state index contributed by atoms with van der Waals surface area (Å²) < 4.78 is 77.6. The number of benzene rings is 4. The van der Waals surface area contributed by atoms with E-state index in [2.05, 4.69) is 48.5 Å². The van der Waals surface area contributed by atoms with Gasteiger partial charge in [0.15, 0.2) is 14.7 Å². The predicted molar refractivity (Wildman–Crippen MR) is 134 cm³/mol. The maximum absolute atomic E-state index is 12.0. The molecule has 0 aliphatic carbocycles. The smallest absolute Gasteiger partial charge is 0.416 e. The predicted octanol–water partition coefficient (Wildman–Crippen LogP) is 6.41. The summed E-state index contributed by atoms with van der Waals surface area (Å²) in [5.41, 5.74) is -0.995. The third-order valence-electron chi connectivity index (χ3n) is 5.04. The molecular weight excluding hydrogens is 525 g/mol. The molecule has 4 aromatic carbocycles. The molecule has 0 bridgehead atoms. The molecule has 10 heteroatoms. The Morgan fingerprint density at radius 1 is 0.649 bits per heavy atom. The average molecular weight is 549 g/mol. The first kappa shape index (κ1) is 28.1. The first-order chi connectivity index (χ1) is 17.5. The van der Waals surface area contributed by atoms with Crippen LogP contribution < -0.4 is 9.47 Å². The molecule has 0 unspecified atom stereocenters. The maximum Gasteiger partial charge on any atom is 0.416 e. The highest BCUT2D eigenvalue weighted by Crippen LogP contribution is 2.33. The lowest BCUT2D eigenvalue weighted by molar-refractivity contribution is -0.137. The van der Waals surface area contributed by atoms with Crippen LogP contribution in [0.3, 0.4) is 0 Å². The molecule has 0 fully saturated rings. The van der Waals surface area contributed by atoms with E-state index >= 15 is 0 Å². The standard InChI is InChI=1S/C20H19O2S.C7H5F3O3S/c1-21-16-8-12-19(13-9-16)23(18-6-4-3-5-7-18)20-14-10-17(22-2)11-15-20;8-7(9,10)5-1-3-6(4-2-5)14(11,12)13/h3-15H,1-2H3;1-4H,(H,11,12,13)/q+1;/p-1. The summed E-state index contributed by atoms with van der Waals surface area (Å²) in [6.07, 6.45) is -4.54. The van der Waals surface area contributed by atoms with Gasteiger partial charge in [-0.25, -0.2) is 8.42 Å². The van der Waals surface area contributed by atoms with Crippen molar-refractivity contribution in [3.8, 4) is 11.5 Å². The van der Waals surface area contributed by atoms with Crippen molar-refractivity contribution in [1.29, 1.82) is 0 Å². The monoisotopic (exact) mass is 548 g/mol. The molecule has 37 heavy (non-hydrogen) atoms. The van der Waals surface area contributed by atoms with E-state index in [9.17, 15) is 26.1 Å². The molecule has 194 valence electrons. The van der Waals surface area contributed by atoms with Gasteiger partial charge in [0.1, 0.15) is 21.6 Å². The van der Waals surface area contributed by atoms with Gasteiger partial charge in [-0.3, -0.25) is 0 Å². The van der Waals surface area contributed by atoms with Gasteiger partial charge in [-0.15, -0.1) is 0 Å². The van der Waals surface area contributed by atoms with Crippen LogP contribution >= 0.6 is 0 Å². The zero-order valence-corrected chi connectivity index (χ0v) is 21.4. The van der Waals surface area contributed by atoms with Crippen molar-refractivity contribution in [2.24, 2.45) is 0 Å². The fraction of sp³-hybridized carbons (Fsp3) is 0.111. The van der Waals surface area contributed by atoms with Crippen LogP contribution in [0.2, 0.25) is 0 Å². The molecule has 0 amide bonds. The molecule has 0 saturated heterocycles. The Kier molecular flexibility index (Phi) is 9.25. The van der Waals surface area contributed by atoms with Crippen molar-refractivity contribution < 1.29 is 35.6 Å². The van der Waals surface area contributed by atoms with Gasteiger partial charge in [0.25, 0.3) is 0 Å². The van der Waals surface area contributed by atoms with E-state index in [1.54, 1.807) is 14.2 Å². The van der Waals surface area contributed by atoms with E-state index in [1.165, 1.54) is 14.7 Å². The van der Waals surface area contributed by atoms with Crippen LogP contribution in [-0.2, 0) is 27.2 Å². The van der Waals surface area contributed by atoms with E-state index in [0.717, 1.165) is 11.5 Å². The number of methoxy groups -OCH3 is 2. The molecular formula is C27H23F3O5S2. The van der Waals surface area contributed by atoms with Crippen molar-refractivity contribution >= 4 is 21.0 Å². The second-order valence-electron chi connectivity index (χ2n) is 7.45. The molecule has 4 aromatic rings. The third-order valence-corrected chi connectivity index (χ3v) is 8.12. The lowest BCUT2D eigenvalue weighted by Gasteiger charge is -2.09. The number of halogens is 3. The van der Waals surface area contributed by atoms with Crippen molar-refractivity contribution in [2.45, 2.75) is 25.8 Å². The Hall–Kier alpha value is -3.47. The highest BCUT2D eigenvalue weighted by atomic mass is 32.2. The minimum atomic E-state index is -4.68. The molecule has 0 saturated carbocycles. The van der Waals surface area contributed by atoms with Crippen LogP contribution in [-0.4, -0.2) is 27.2 Å². The van der Waals surface area contributed by atoms with Crippen molar-refractivity contribution in [2.75, 3.05) is 14.2 Å². The van der Waals surface area contributed by atoms with E-state index in [-0.39, 0.29) is 10.9 Å². The Morgan fingerprint density at radius 2 is 1.05 bits per heavy atom. The largest absolute Gasteiger partial charge is 0.744 e. The summed E-state index contributed by atoms with van der Waals surface area (Å²) in [6, 6.07) is 29.5. The first-order valence-corrected chi connectivity index (χ1v) is 13.4. The summed E-state index contributed by atoms with van der Waals surface area (Å²) >= 11 is 0. The van der Waals surface area contributed by atoms with Gasteiger partial charge >= 0.3 is 6.18 Å². The zero-order chi connectivity index (χ0) is 27.1. The lowest BCUT2D eigenvalue weighted by atomic mass is 10.2. The summed E-state index contributed by atoms with van der Waals surface area (Å²) in [5.74, 6) is 1.75. The first-order valence-electron chi connectivity index (χ1n) is 10.7. The van der Waals surface area contributed by atoms with E-state index in [0.29, 0.717) is 24.3 Å². The second kappa shape index (κ2) is 12.2. The van der Waals surface area contributed by atoms with Crippen molar-refractivity contribution in [3.63, 3.8) is 0 Å². The van der Waals surface area contributed by atoms with E-state index in [4.69, 9.17) is 9.47 Å². The average Bonchev–Trinajstić information content (AvgIpc) is 2.90.